The van der Waals surface area contributed by atoms with E-state index in [0.29, 0.717) is 24.1 Å². The zero-order valence-corrected chi connectivity index (χ0v) is 9.41. The zero-order chi connectivity index (χ0) is 10.7. The van der Waals surface area contributed by atoms with E-state index in [1.807, 2.05) is 24.3 Å². The van der Waals surface area contributed by atoms with Crippen LogP contribution < -0.4 is 10.5 Å². The number of hydrogen-bond donors (Lipinski definition) is 1. The minimum absolute atomic E-state index is 0.487. The molecule has 1 aromatic carbocycles. The van der Waals surface area contributed by atoms with Crippen LogP contribution in [0.25, 0.3) is 0 Å². The summed E-state index contributed by atoms with van der Waals surface area (Å²) in [5.74, 6) is 2.03. The highest BCUT2D eigenvalue weighted by atomic mass is 35.5. The molecule has 2 N–H and O–H groups in total. The van der Waals surface area contributed by atoms with Crippen LogP contribution in [0.2, 0.25) is 5.02 Å². The fourth-order valence-electron chi connectivity index (χ4n) is 1.72. The van der Waals surface area contributed by atoms with E-state index >= 15 is 0 Å². The minimum atomic E-state index is 0.487. The number of rotatable bonds is 5. The summed E-state index contributed by atoms with van der Waals surface area (Å²) < 4.78 is 5.68. The van der Waals surface area contributed by atoms with Gasteiger partial charge in [0.15, 0.2) is 0 Å². The molecule has 1 saturated carbocycles. The molecule has 0 aliphatic heterocycles. The van der Waals surface area contributed by atoms with Gasteiger partial charge in [0, 0.05) is 5.92 Å². The van der Waals surface area contributed by atoms with E-state index in [2.05, 4.69) is 0 Å². The van der Waals surface area contributed by atoms with Gasteiger partial charge >= 0.3 is 0 Å². The molecule has 1 aromatic rings. The average Bonchev–Trinajstić information content (AvgIpc) is 3.06. The zero-order valence-electron chi connectivity index (χ0n) is 8.66. The predicted octanol–water partition coefficient (Wildman–Crippen LogP) is 2.70. The summed E-state index contributed by atoms with van der Waals surface area (Å²) in [7, 11) is 0. The molecule has 0 aromatic heterocycles. The van der Waals surface area contributed by atoms with E-state index in [1.165, 1.54) is 12.8 Å². The Morgan fingerprint density at radius 1 is 1.40 bits per heavy atom. The minimum Gasteiger partial charge on any atom is -0.492 e. The van der Waals surface area contributed by atoms with Gasteiger partial charge in [-0.15, -0.1) is 0 Å². The molecule has 0 spiro atoms. The summed E-state index contributed by atoms with van der Waals surface area (Å²) in [6, 6.07) is 7.56. The van der Waals surface area contributed by atoms with Crippen molar-refractivity contribution in [2.24, 2.45) is 17.6 Å². The molecule has 82 valence electrons. The number of halogens is 1. The first-order valence-electron chi connectivity index (χ1n) is 5.38. The second-order valence-corrected chi connectivity index (χ2v) is 4.48. The SMILES string of the molecule is NCC(COc1ccccc1Cl)C1CC1. The van der Waals surface area contributed by atoms with Gasteiger partial charge < -0.3 is 10.5 Å². The van der Waals surface area contributed by atoms with Crippen LogP contribution in [0.4, 0.5) is 0 Å². The topological polar surface area (TPSA) is 35.2 Å². The molecule has 0 heterocycles. The largest absolute Gasteiger partial charge is 0.492 e. The van der Waals surface area contributed by atoms with Gasteiger partial charge in [-0.05, 0) is 37.4 Å². The Kier molecular flexibility index (Phi) is 3.49. The standard InChI is InChI=1S/C12H16ClNO/c13-11-3-1-2-4-12(11)15-8-10(7-14)9-5-6-9/h1-4,9-10H,5-8,14H2. The molecule has 0 bridgehead atoms. The Balaban J connectivity index is 1.89. The van der Waals surface area contributed by atoms with Gasteiger partial charge in [0.2, 0.25) is 0 Å². The lowest BCUT2D eigenvalue weighted by atomic mass is 10.1. The van der Waals surface area contributed by atoms with Crippen LogP contribution in [0.1, 0.15) is 12.8 Å². The van der Waals surface area contributed by atoms with E-state index in [9.17, 15) is 0 Å². The summed E-state index contributed by atoms with van der Waals surface area (Å²) in [5.41, 5.74) is 5.70. The molecule has 0 radical (unpaired) electrons. The Hall–Kier alpha value is -0.730. The third-order valence-electron chi connectivity index (χ3n) is 2.88. The molecule has 1 fully saturated rings. The third-order valence-corrected chi connectivity index (χ3v) is 3.19. The maximum atomic E-state index is 5.99. The molecule has 1 unspecified atom stereocenters. The lowest BCUT2D eigenvalue weighted by molar-refractivity contribution is 0.236. The number of hydrogen-bond acceptors (Lipinski definition) is 2. The molecular formula is C12H16ClNO. The molecule has 0 saturated heterocycles. The number of para-hydroxylation sites is 1. The maximum Gasteiger partial charge on any atom is 0.137 e. The normalized spacial score (nSPS) is 17.5. The van der Waals surface area contributed by atoms with Gasteiger partial charge in [0.05, 0.1) is 11.6 Å². The average molecular weight is 226 g/mol. The highest BCUT2D eigenvalue weighted by molar-refractivity contribution is 6.32. The lowest BCUT2D eigenvalue weighted by Crippen LogP contribution is -2.23. The van der Waals surface area contributed by atoms with E-state index < -0.39 is 0 Å². The highest BCUT2D eigenvalue weighted by Crippen LogP contribution is 2.36. The van der Waals surface area contributed by atoms with Crippen LogP contribution in [-0.2, 0) is 0 Å². The molecule has 1 aliphatic rings. The van der Waals surface area contributed by atoms with Gasteiger partial charge in [0.25, 0.3) is 0 Å². The smallest absolute Gasteiger partial charge is 0.137 e. The predicted molar refractivity (Wildman–Crippen MR) is 62.2 cm³/mol. The first kappa shape index (κ1) is 10.8. The Bertz CT molecular complexity index is 325. The third kappa shape index (κ3) is 2.86. The fraction of sp³-hybridized carbons (Fsp3) is 0.500. The van der Waals surface area contributed by atoms with E-state index in [-0.39, 0.29) is 0 Å². The molecule has 3 heteroatoms. The highest BCUT2D eigenvalue weighted by Gasteiger charge is 2.30. The Morgan fingerprint density at radius 2 is 2.13 bits per heavy atom. The molecule has 1 atom stereocenters. The summed E-state index contributed by atoms with van der Waals surface area (Å²) in [6.07, 6.45) is 2.60. The van der Waals surface area contributed by atoms with Crippen molar-refractivity contribution in [3.05, 3.63) is 29.3 Å². The first-order valence-corrected chi connectivity index (χ1v) is 5.76. The Labute approximate surface area is 95.4 Å². The van der Waals surface area contributed by atoms with Crippen LogP contribution in [0.3, 0.4) is 0 Å². The second-order valence-electron chi connectivity index (χ2n) is 4.07. The van der Waals surface area contributed by atoms with Crippen LogP contribution in [0.5, 0.6) is 5.75 Å². The van der Waals surface area contributed by atoms with Gasteiger partial charge in [-0.3, -0.25) is 0 Å². The second kappa shape index (κ2) is 4.86. The Morgan fingerprint density at radius 3 is 2.73 bits per heavy atom. The molecule has 1 aliphatic carbocycles. The van der Waals surface area contributed by atoms with Crippen molar-refractivity contribution < 1.29 is 4.74 Å². The van der Waals surface area contributed by atoms with Crippen LogP contribution in [-0.4, -0.2) is 13.2 Å². The summed E-state index contributed by atoms with van der Waals surface area (Å²) in [5, 5.41) is 0.670. The molecule has 2 rings (SSSR count). The summed E-state index contributed by atoms with van der Waals surface area (Å²) in [4.78, 5) is 0. The van der Waals surface area contributed by atoms with Crippen LogP contribution >= 0.6 is 11.6 Å². The van der Waals surface area contributed by atoms with Crippen molar-refractivity contribution in [2.75, 3.05) is 13.2 Å². The van der Waals surface area contributed by atoms with Crippen molar-refractivity contribution in [3.63, 3.8) is 0 Å². The van der Waals surface area contributed by atoms with Crippen molar-refractivity contribution >= 4 is 11.6 Å². The first-order chi connectivity index (χ1) is 7.31. The van der Waals surface area contributed by atoms with Crippen molar-refractivity contribution in [1.29, 1.82) is 0 Å². The van der Waals surface area contributed by atoms with Crippen molar-refractivity contribution in [1.82, 2.24) is 0 Å². The van der Waals surface area contributed by atoms with Crippen molar-refractivity contribution in [2.45, 2.75) is 12.8 Å². The lowest BCUT2D eigenvalue weighted by Gasteiger charge is -2.15. The summed E-state index contributed by atoms with van der Waals surface area (Å²) in [6.45, 7) is 1.39. The molecular weight excluding hydrogens is 210 g/mol. The van der Waals surface area contributed by atoms with E-state index in [1.54, 1.807) is 0 Å². The van der Waals surface area contributed by atoms with Crippen LogP contribution in [0, 0.1) is 11.8 Å². The fourth-order valence-corrected chi connectivity index (χ4v) is 1.91. The monoisotopic (exact) mass is 225 g/mol. The maximum absolute atomic E-state index is 5.99. The van der Waals surface area contributed by atoms with Gasteiger partial charge in [-0.2, -0.15) is 0 Å². The quantitative estimate of drug-likeness (QED) is 0.837. The summed E-state index contributed by atoms with van der Waals surface area (Å²) >= 11 is 5.99. The van der Waals surface area contributed by atoms with E-state index in [4.69, 9.17) is 22.1 Å². The number of benzene rings is 1. The molecule has 2 nitrogen and oxygen atoms in total. The van der Waals surface area contributed by atoms with Crippen LogP contribution in [0.15, 0.2) is 24.3 Å². The number of nitrogens with two attached hydrogens (primary N) is 1. The number of ether oxygens (including phenoxy) is 1. The van der Waals surface area contributed by atoms with Gasteiger partial charge in [-0.1, -0.05) is 23.7 Å². The van der Waals surface area contributed by atoms with Crippen molar-refractivity contribution in [3.8, 4) is 5.75 Å². The van der Waals surface area contributed by atoms with Gasteiger partial charge in [-0.25, -0.2) is 0 Å². The van der Waals surface area contributed by atoms with Gasteiger partial charge in [0.1, 0.15) is 5.75 Å². The molecule has 0 amide bonds. The molecule has 15 heavy (non-hydrogen) atoms. The van der Waals surface area contributed by atoms with E-state index in [0.717, 1.165) is 11.7 Å².